The Bertz CT molecular complexity index is 936. The SMILES string of the molecule is Cc1ccc(C)c(CN2C(=O)CCC2c2nc(-c3ccncc3)no2)c1. The summed E-state index contributed by atoms with van der Waals surface area (Å²) in [6, 6.07) is 9.81. The molecule has 1 aliphatic rings. The van der Waals surface area contributed by atoms with Gasteiger partial charge in [0.25, 0.3) is 0 Å². The zero-order valence-corrected chi connectivity index (χ0v) is 14.8. The van der Waals surface area contributed by atoms with E-state index in [1.54, 1.807) is 12.4 Å². The Labute approximate surface area is 151 Å². The number of amides is 1. The number of hydrogen-bond acceptors (Lipinski definition) is 5. The average Bonchev–Trinajstić information content (AvgIpc) is 3.27. The summed E-state index contributed by atoms with van der Waals surface area (Å²) in [5.74, 6) is 1.14. The lowest BCUT2D eigenvalue weighted by molar-refractivity contribution is -0.130. The normalized spacial score (nSPS) is 17.1. The molecular formula is C20H20N4O2. The summed E-state index contributed by atoms with van der Waals surface area (Å²) in [5, 5.41) is 4.08. The molecule has 0 bridgehead atoms. The van der Waals surface area contributed by atoms with Crippen molar-refractivity contribution in [2.75, 3.05) is 0 Å². The number of pyridine rings is 1. The molecule has 1 atom stereocenters. The summed E-state index contributed by atoms with van der Waals surface area (Å²) in [6.07, 6.45) is 4.58. The van der Waals surface area contributed by atoms with Crippen molar-refractivity contribution in [1.29, 1.82) is 0 Å². The molecule has 132 valence electrons. The first-order valence-corrected chi connectivity index (χ1v) is 8.71. The molecule has 0 N–H and O–H groups in total. The number of hydrogen-bond donors (Lipinski definition) is 0. The van der Waals surface area contributed by atoms with Crippen LogP contribution >= 0.6 is 0 Å². The predicted octanol–water partition coefficient (Wildman–Crippen LogP) is 3.61. The van der Waals surface area contributed by atoms with Gasteiger partial charge in [-0.25, -0.2) is 0 Å². The van der Waals surface area contributed by atoms with Gasteiger partial charge in [-0.2, -0.15) is 4.98 Å². The lowest BCUT2D eigenvalue weighted by Crippen LogP contribution is -2.27. The lowest BCUT2D eigenvalue weighted by atomic mass is 10.0. The molecule has 1 unspecified atom stereocenters. The molecule has 3 heterocycles. The smallest absolute Gasteiger partial charge is 0.249 e. The summed E-state index contributed by atoms with van der Waals surface area (Å²) in [5.41, 5.74) is 4.36. The second kappa shape index (κ2) is 6.71. The van der Waals surface area contributed by atoms with Gasteiger partial charge >= 0.3 is 0 Å². The first kappa shape index (κ1) is 16.4. The molecule has 1 aromatic carbocycles. The minimum Gasteiger partial charge on any atom is -0.337 e. The van der Waals surface area contributed by atoms with Gasteiger partial charge in [-0.1, -0.05) is 28.9 Å². The molecular weight excluding hydrogens is 328 g/mol. The second-order valence-electron chi connectivity index (χ2n) is 6.70. The van der Waals surface area contributed by atoms with Crippen LogP contribution in [0.5, 0.6) is 0 Å². The fourth-order valence-electron chi connectivity index (χ4n) is 3.33. The first-order valence-electron chi connectivity index (χ1n) is 8.71. The molecule has 1 amide bonds. The molecule has 2 aromatic heterocycles. The van der Waals surface area contributed by atoms with Gasteiger partial charge < -0.3 is 9.42 Å². The van der Waals surface area contributed by atoms with Crippen molar-refractivity contribution >= 4 is 5.91 Å². The summed E-state index contributed by atoms with van der Waals surface area (Å²) in [4.78, 5) is 22.8. The Morgan fingerprint density at radius 3 is 2.81 bits per heavy atom. The molecule has 1 fully saturated rings. The van der Waals surface area contributed by atoms with Crippen LogP contribution < -0.4 is 0 Å². The van der Waals surface area contributed by atoms with Crippen LogP contribution in [0.4, 0.5) is 0 Å². The van der Waals surface area contributed by atoms with E-state index in [-0.39, 0.29) is 11.9 Å². The van der Waals surface area contributed by atoms with E-state index in [1.165, 1.54) is 11.1 Å². The monoisotopic (exact) mass is 348 g/mol. The Morgan fingerprint density at radius 2 is 2.00 bits per heavy atom. The van der Waals surface area contributed by atoms with Crippen LogP contribution in [-0.4, -0.2) is 25.9 Å². The molecule has 1 aliphatic heterocycles. The van der Waals surface area contributed by atoms with Crippen LogP contribution in [-0.2, 0) is 11.3 Å². The van der Waals surface area contributed by atoms with Crippen molar-refractivity contribution in [3.63, 3.8) is 0 Å². The summed E-state index contributed by atoms with van der Waals surface area (Å²) in [6.45, 7) is 4.69. The van der Waals surface area contributed by atoms with E-state index in [1.807, 2.05) is 17.0 Å². The number of likely N-dealkylation sites (tertiary alicyclic amines) is 1. The summed E-state index contributed by atoms with van der Waals surface area (Å²) >= 11 is 0. The zero-order valence-electron chi connectivity index (χ0n) is 14.8. The molecule has 1 saturated heterocycles. The molecule has 3 aromatic rings. The molecule has 0 saturated carbocycles. The Balaban J connectivity index is 1.61. The van der Waals surface area contributed by atoms with Gasteiger partial charge in [0, 0.05) is 30.9 Å². The van der Waals surface area contributed by atoms with Crippen LogP contribution in [0.3, 0.4) is 0 Å². The summed E-state index contributed by atoms with van der Waals surface area (Å²) < 4.78 is 5.50. The van der Waals surface area contributed by atoms with Crippen molar-refractivity contribution in [1.82, 2.24) is 20.0 Å². The van der Waals surface area contributed by atoms with Gasteiger partial charge in [0.15, 0.2) is 0 Å². The van der Waals surface area contributed by atoms with Crippen LogP contribution in [0.2, 0.25) is 0 Å². The van der Waals surface area contributed by atoms with Gasteiger partial charge in [-0.15, -0.1) is 0 Å². The van der Waals surface area contributed by atoms with Crippen molar-refractivity contribution in [3.05, 3.63) is 65.3 Å². The number of rotatable bonds is 4. The maximum absolute atomic E-state index is 12.5. The highest BCUT2D eigenvalue weighted by molar-refractivity contribution is 5.79. The lowest BCUT2D eigenvalue weighted by Gasteiger charge is -2.23. The van der Waals surface area contributed by atoms with Crippen molar-refractivity contribution < 1.29 is 9.32 Å². The maximum Gasteiger partial charge on any atom is 0.249 e. The standard InChI is InChI=1S/C20H20N4O2/c1-13-3-4-14(2)16(11-13)12-24-17(5-6-18(24)25)20-22-19(23-26-20)15-7-9-21-10-8-15/h3-4,7-11,17H,5-6,12H2,1-2H3. The largest absolute Gasteiger partial charge is 0.337 e. The van der Waals surface area contributed by atoms with E-state index >= 15 is 0 Å². The van der Waals surface area contributed by atoms with Gasteiger partial charge in [-0.3, -0.25) is 9.78 Å². The van der Waals surface area contributed by atoms with Crippen molar-refractivity contribution in [3.8, 4) is 11.4 Å². The quantitative estimate of drug-likeness (QED) is 0.720. The zero-order chi connectivity index (χ0) is 18.1. The van der Waals surface area contributed by atoms with E-state index in [4.69, 9.17) is 4.52 Å². The van der Waals surface area contributed by atoms with Gasteiger partial charge in [0.2, 0.25) is 17.6 Å². The van der Waals surface area contributed by atoms with Crippen molar-refractivity contribution in [2.45, 2.75) is 39.3 Å². The Morgan fingerprint density at radius 1 is 1.19 bits per heavy atom. The third-order valence-corrected chi connectivity index (χ3v) is 4.84. The van der Waals surface area contributed by atoms with Gasteiger partial charge in [-0.05, 0) is 43.5 Å². The number of aromatic nitrogens is 3. The van der Waals surface area contributed by atoms with E-state index in [0.29, 0.717) is 31.1 Å². The van der Waals surface area contributed by atoms with E-state index in [0.717, 1.165) is 11.1 Å². The maximum atomic E-state index is 12.5. The molecule has 6 heteroatoms. The van der Waals surface area contributed by atoms with E-state index in [9.17, 15) is 4.79 Å². The summed E-state index contributed by atoms with van der Waals surface area (Å²) in [7, 11) is 0. The third kappa shape index (κ3) is 3.10. The molecule has 4 rings (SSSR count). The van der Waals surface area contributed by atoms with Gasteiger partial charge in [0.1, 0.15) is 6.04 Å². The molecule has 6 nitrogen and oxygen atoms in total. The third-order valence-electron chi connectivity index (χ3n) is 4.84. The van der Waals surface area contributed by atoms with E-state index < -0.39 is 0 Å². The van der Waals surface area contributed by atoms with Crippen LogP contribution in [0.1, 0.15) is 41.5 Å². The molecule has 26 heavy (non-hydrogen) atoms. The Hall–Kier alpha value is -3.02. The number of benzene rings is 1. The highest BCUT2D eigenvalue weighted by Gasteiger charge is 2.36. The predicted molar refractivity (Wildman–Crippen MR) is 96.0 cm³/mol. The van der Waals surface area contributed by atoms with Crippen LogP contribution in [0, 0.1) is 13.8 Å². The highest BCUT2D eigenvalue weighted by Crippen LogP contribution is 2.34. The number of nitrogens with zero attached hydrogens (tertiary/aromatic N) is 4. The first-order chi connectivity index (χ1) is 12.6. The van der Waals surface area contributed by atoms with E-state index in [2.05, 4.69) is 47.2 Å². The van der Waals surface area contributed by atoms with Crippen molar-refractivity contribution in [2.24, 2.45) is 0 Å². The average molecular weight is 348 g/mol. The minimum atomic E-state index is -0.175. The molecule has 0 aliphatic carbocycles. The highest BCUT2D eigenvalue weighted by atomic mass is 16.5. The number of aryl methyl sites for hydroxylation is 2. The van der Waals surface area contributed by atoms with Crippen LogP contribution in [0.25, 0.3) is 11.4 Å². The number of carbonyl (C=O) groups excluding carboxylic acids is 1. The Kier molecular flexibility index (Phi) is 4.24. The topological polar surface area (TPSA) is 72.1 Å². The second-order valence-corrected chi connectivity index (χ2v) is 6.70. The molecule has 0 radical (unpaired) electrons. The minimum absolute atomic E-state index is 0.125. The molecule has 0 spiro atoms. The fraction of sp³-hybridized carbons (Fsp3) is 0.300. The van der Waals surface area contributed by atoms with Gasteiger partial charge in [0.05, 0.1) is 0 Å². The van der Waals surface area contributed by atoms with Crippen LogP contribution in [0.15, 0.2) is 47.2 Å². The number of carbonyl (C=O) groups is 1. The fourth-order valence-corrected chi connectivity index (χ4v) is 3.33.